The Kier molecular flexibility index (Phi) is 6.88. The first kappa shape index (κ1) is 20.9. The number of aromatic hydroxyl groups is 1. The SMILES string of the molecule is O=C(O)CCCCN(CCc1ccccc1O)C1CCc2cc(C(=O)O)ccc21. The summed E-state index contributed by atoms with van der Waals surface area (Å²) in [5.41, 5.74) is 3.44. The maximum atomic E-state index is 11.3. The lowest BCUT2D eigenvalue weighted by Gasteiger charge is -2.30. The number of phenols is 1. The molecular formula is C23H27NO5. The van der Waals surface area contributed by atoms with E-state index in [0.29, 0.717) is 18.4 Å². The molecule has 0 amide bonds. The van der Waals surface area contributed by atoms with Crippen molar-refractivity contribution >= 4 is 11.9 Å². The molecule has 1 atom stereocenters. The van der Waals surface area contributed by atoms with Crippen molar-refractivity contribution in [3.63, 3.8) is 0 Å². The van der Waals surface area contributed by atoms with Crippen LogP contribution in [-0.4, -0.2) is 45.2 Å². The summed E-state index contributed by atoms with van der Waals surface area (Å²) in [7, 11) is 0. The number of carboxylic acids is 2. The predicted molar refractivity (Wildman–Crippen MR) is 109 cm³/mol. The van der Waals surface area contributed by atoms with Gasteiger partial charge in [0, 0.05) is 19.0 Å². The number of aryl methyl sites for hydroxylation is 1. The number of benzene rings is 2. The number of unbranched alkanes of at least 4 members (excludes halogenated alkanes) is 1. The molecule has 0 saturated heterocycles. The van der Waals surface area contributed by atoms with Crippen molar-refractivity contribution < 1.29 is 24.9 Å². The smallest absolute Gasteiger partial charge is 0.335 e. The number of carboxylic acid groups (broad SMARTS) is 2. The average Bonchev–Trinajstić information content (AvgIpc) is 3.11. The minimum absolute atomic E-state index is 0.163. The van der Waals surface area contributed by atoms with Gasteiger partial charge in [-0.3, -0.25) is 9.69 Å². The van der Waals surface area contributed by atoms with E-state index in [1.54, 1.807) is 24.3 Å². The summed E-state index contributed by atoms with van der Waals surface area (Å²) in [5, 5.41) is 28.2. The molecule has 2 aromatic rings. The molecular weight excluding hydrogens is 370 g/mol. The zero-order chi connectivity index (χ0) is 20.8. The monoisotopic (exact) mass is 397 g/mol. The van der Waals surface area contributed by atoms with E-state index in [2.05, 4.69) is 4.90 Å². The van der Waals surface area contributed by atoms with Crippen LogP contribution in [0.2, 0.25) is 0 Å². The van der Waals surface area contributed by atoms with E-state index in [-0.39, 0.29) is 18.2 Å². The molecule has 0 spiro atoms. The van der Waals surface area contributed by atoms with Crippen molar-refractivity contribution in [1.29, 1.82) is 0 Å². The minimum Gasteiger partial charge on any atom is -0.508 e. The highest BCUT2D eigenvalue weighted by Crippen LogP contribution is 2.36. The van der Waals surface area contributed by atoms with Crippen LogP contribution < -0.4 is 0 Å². The van der Waals surface area contributed by atoms with Crippen LogP contribution in [-0.2, 0) is 17.6 Å². The van der Waals surface area contributed by atoms with Gasteiger partial charge in [-0.25, -0.2) is 4.79 Å². The molecule has 1 unspecified atom stereocenters. The summed E-state index contributed by atoms with van der Waals surface area (Å²) in [5.74, 6) is -1.41. The van der Waals surface area contributed by atoms with Gasteiger partial charge in [-0.2, -0.15) is 0 Å². The Bertz CT molecular complexity index is 879. The summed E-state index contributed by atoms with van der Waals surface area (Å²) in [4.78, 5) is 24.4. The zero-order valence-electron chi connectivity index (χ0n) is 16.4. The molecule has 2 aromatic carbocycles. The third-order valence-electron chi connectivity index (χ3n) is 5.62. The number of carbonyl (C=O) groups is 2. The third kappa shape index (κ3) is 5.35. The predicted octanol–water partition coefficient (Wildman–Crippen LogP) is 3.88. The van der Waals surface area contributed by atoms with Crippen molar-refractivity contribution in [3.05, 3.63) is 64.7 Å². The van der Waals surface area contributed by atoms with Gasteiger partial charge in [0.15, 0.2) is 0 Å². The molecule has 0 radical (unpaired) electrons. The number of hydrogen-bond donors (Lipinski definition) is 3. The van der Waals surface area contributed by atoms with Gasteiger partial charge in [-0.05, 0) is 73.5 Å². The normalized spacial score (nSPS) is 15.4. The molecule has 154 valence electrons. The fourth-order valence-electron chi connectivity index (χ4n) is 4.11. The van der Waals surface area contributed by atoms with Gasteiger partial charge in [0.25, 0.3) is 0 Å². The molecule has 0 bridgehead atoms. The van der Waals surface area contributed by atoms with Crippen LogP contribution in [0.15, 0.2) is 42.5 Å². The number of fused-ring (bicyclic) bond motifs is 1. The van der Waals surface area contributed by atoms with Crippen molar-refractivity contribution in [2.45, 2.75) is 44.6 Å². The molecule has 0 saturated carbocycles. The number of hydrogen-bond acceptors (Lipinski definition) is 4. The zero-order valence-corrected chi connectivity index (χ0v) is 16.4. The van der Waals surface area contributed by atoms with E-state index in [9.17, 15) is 19.8 Å². The van der Waals surface area contributed by atoms with E-state index in [1.165, 1.54) is 0 Å². The number of nitrogens with zero attached hydrogens (tertiary/aromatic N) is 1. The Balaban J connectivity index is 1.73. The van der Waals surface area contributed by atoms with Crippen molar-refractivity contribution in [3.8, 4) is 5.75 Å². The van der Waals surface area contributed by atoms with Crippen LogP contribution in [0.1, 0.15) is 58.8 Å². The van der Waals surface area contributed by atoms with E-state index in [1.807, 2.05) is 18.2 Å². The van der Waals surface area contributed by atoms with E-state index in [0.717, 1.165) is 49.0 Å². The van der Waals surface area contributed by atoms with E-state index in [4.69, 9.17) is 5.11 Å². The highest BCUT2D eigenvalue weighted by atomic mass is 16.4. The molecule has 0 aromatic heterocycles. The molecule has 1 aliphatic carbocycles. The maximum absolute atomic E-state index is 11.3. The Labute approximate surface area is 170 Å². The van der Waals surface area contributed by atoms with Crippen molar-refractivity contribution in [2.75, 3.05) is 13.1 Å². The van der Waals surface area contributed by atoms with Gasteiger partial charge in [0.2, 0.25) is 0 Å². The summed E-state index contributed by atoms with van der Waals surface area (Å²) < 4.78 is 0. The second-order valence-electron chi connectivity index (χ2n) is 7.54. The van der Waals surface area contributed by atoms with Crippen LogP contribution in [0, 0.1) is 0 Å². The largest absolute Gasteiger partial charge is 0.508 e. The minimum atomic E-state index is -0.915. The fourth-order valence-corrected chi connectivity index (χ4v) is 4.11. The van der Waals surface area contributed by atoms with Gasteiger partial charge in [-0.15, -0.1) is 0 Å². The summed E-state index contributed by atoms with van der Waals surface area (Å²) in [6.07, 6.45) is 4.02. The maximum Gasteiger partial charge on any atom is 0.335 e. The summed E-state index contributed by atoms with van der Waals surface area (Å²) in [6, 6.07) is 12.8. The van der Waals surface area contributed by atoms with Gasteiger partial charge in [-0.1, -0.05) is 24.3 Å². The van der Waals surface area contributed by atoms with Crippen LogP contribution in [0.4, 0.5) is 0 Å². The Morgan fingerprint density at radius 1 is 1.03 bits per heavy atom. The highest BCUT2D eigenvalue weighted by molar-refractivity contribution is 5.88. The number of para-hydroxylation sites is 1. The Morgan fingerprint density at radius 3 is 2.55 bits per heavy atom. The molecule has 3 N–H and O–H groups in total. The molecule has 3 rings (SSSR count). The van der Waals surface area contributed by atoms with Crippen LogP contribution in [0.5, 0.6) is 5.75 Å². The molecule has 6 nitrogen and oxygen atoms in total. The second kappa shape index (κ2) is 9.56. The van der Waals surface area contributed by atoms with Crippen LogP contribution >= 0.6 is 0 Å². The Hall–Kier alpha value is -2.86. The molecule has 1 aliphatic rings. The first-order valence-corrected chi connectivity index (χ1v) is 10.0. The van der Waals surface area contributed by atoms with Crippen molar-refractivity contribution in [1.82, 2.24) is 4.90 Å². The molecule has 29 heavy (non-hydrogen) atoms. The van der Waals surface area contributed by atoms with Crippen LogP contribution in [0.3, 0.4) is 0 Å². The average molecular weight is 397 g/mol. The fraction of sp³-hybridized carbons (Fsp3) is 0.391. The summed E-state index contributed by atoms with van der Waals surface area (Å²) >= 11 is 0. The molecule has 0 fully saturated rings. The lowest BCUT2D eigenvalue weighted by atomic mass is 10.0. The topological polar surface area (TPSA) is 98.1 Å². The summed E-state index contributed by atoms with van der Waals surface area (Å²) in [6.45, 7) is 1.51. The van der Waals surface area contributed by atoms with Crippen LogP contribution in [0.25, 0.3) is 0 Å². The second-order valence-corrected chi connectivity index (χ2v) is 7.54. The first-order chi connectivity index (χ1) is 14.0. The Morgan fingerprint density at radius 2 is 1.83 bits per heavy atom. The lowest BCUT2D eigenvalue weighted by Crippen LogP contribution is -2.31. The third-order valence-corrected chi connectivity index (χ3v) is 5.62. The van der Waals surface area contributed by atoms with Gasteiger partial charge >= 0.3 is 11.9 Å². The van der Waals surface area contributed by atoms with Gasteiger partial charge in [0.05, 0.1) is 5.56 Å². The van der Waals surface area contributed by atoms with E-state index >= 15 is 0 Å². The van der Waals surface area contributed by atoms with Crippen molar-refractivity contribution in [2.24, 2.45) is 0 Å². The molecule has 6 heteroatoms. The highest BCUT2D eigenvalue weighted by Gasteiger charge is 2.28. The standard InChI is InChI=1S/C23H27NO5/c25-21-6-2-1-5-16(21)12-14-24(13-4-3-7-22(26)27)20-11-9-17-15-18(23(28)29)8-10-19(17)20/h1-2,5-6,8,10,15,20,25H,3-4,7,9,11-14H2,(H,26,27)(H,28,29). The van der Waals surface area contributed by atoms with E-state index < -0.39 is 11.9 Å². The molecule has 0 aliphatic heterocycles. The van der Waals surface area contributed by atoms with Gasteiger partial charge in [0.1, 0.15) is 5.75 Å². The van der Waals surface area contributed by atoms with Gasteiger partial charge < -0.3 is 15.3 Å². The first-order valence-electron chi connectivity index (χ1n) is 10.0. The quantitative estimate of drug-likeness (QED) is 0.527. The number of phenolic OH excluding ortho intramolecular Hbond substituents is 1. The number of aliphatic carboxylic acids is 1. The molecule has 0 heterocycles. The number of aromatic carboxylic acids is 1. The lowest BCUT2D eigenvalue weighted by molar-refractivity contribution is -0.137. The number of rotatable bonds is 10.